The molecule has 0 atom stereocenters. The number of rotatable bonds is 4. The molecule has 0 saturated heterocycles. The van der Waals surface area contributed by atoms with Crippen molar-refractivity contribution in [2.24, 2.45) is 4.99 Å². The second kappa shape index (κ2) is 6.27. The van der Waals surface area contributed by atoms with Gasteiger partial charge in [-0.3, -0.25) is 15.2 Å². The van der Waals surface area contributed by atoms with Crippen molar-refractivity contribution < 1.29 is 9.21 Å². The van der Waals surface area contributed by atoms with Crippen LogP contribution < -0.4 is 10.7 Å². The standard InChI is InChI=1S/C18H17N5O2/c1-12(24)21-14-5-2-4-13(8-14)16-11-20-18-9-17(22-23(16)18)19-10-15-6-3-7-25-15/h2-8,11H,9-10H2,1H3,(H,19,22)(H,21,24). The predicted octanol–water partition coefficient (Wildman–Crippen LogP) is 2.80. The lowest BCUT2D eigenvalue weighted by atomic mass is 10.1. The van der Waals surface area contributed by atoms with Gasteiger partial charge < -0.3 is 9.73 Å². The molecule has 0 fully saturated rings. The fourth-order valence-corrected chi connectivity index (χ4v) is 2.79. The largest absolute Gasteiger partial charge is 0.467 e. The van der Waals surface area contributed by atoms with Crippen molar-refractivity contribution in [1.82, 2.24) is 9.66 Å². The van der Waals surface area contributed by atoms with Crippen molar-refractivity contribution in [3.05, 3.63) is 60.4 Å². The molecule has 1 aromatic carbocycles. The minimum Gasteiger partial charge on any atom is -0.467 e. The predicted molar refractivity (Wildman–Crippen MR) is 94.9 cm³/mol. The maximum absolute atomic E-state index is 11.2. The number of nitrogens with zero attached hydrogens (tertiary/aromatic N) is 3. The van der Waals surface area contributed by atoms with Gasteiger partial charge in [-0.05, 0) is 24.3 Å². The van der Waals surface area contributed by atoms with Crippen LogP contribution in [0.15, 0.2) is 58.3 Å². The smallest absolute Gasteiger partial charge is 0.221 e. The fraction of sp³-hybridized carbons (Fsp3) is 0.167. The van der Waals surface area contributed by atoms with Crippen LogP contribution in [0.2, 0.25) is 0 Å². The summed E-state index contributed by atoms with van der Waals surface area (Å²) < 4.78 is 7.22. The fourth-order valence-electron chi connectivity index (χ4n) is 2.79. The number of nitrogens with one attached hydrogen (secondary N) is 2. The zero-order valence-electron chi connectivity index (χ0n) is 13.7. The van der Waals surface area contributed by atoms with Gasteiger partial charge in [0.2, 0.25) is 5.91 Å². The Kier molecular flexibility index (Phi) is 3.81. The van der Waals surface area contributed by atoms with Crippen LogP contribution in [-0.4, -0.2) is 21.4 Å². The maximum atomic E-state index is 11.2. The zero-order valence-corrected chi connectivity index (χ0v) is 13.7. The summed E-state index contributed by atoms with van der Waals surface area (Å²) in [6.45, 7) is 1.99. The van der Waals surface area contributed by atoms with E-state index in [0.717, 1.165) is 34.4 Å². The molecule has 126 valence electrons. The van der Waals surface area contributed by atoms with E-state index in [0.29, 0.717) is 13.0 Å². The minimum atomic E-state index is -0.0962. The monoisotopic (exact) mass is 335 g/mol. The lowest BCUT2D eigenvalue weighted by Gasteiger charge is -2.09. The lowest BCUT2D eigenvalue weighted by Crippen LogP contribution is -2.16. The van der Waals surface area contributed by atoms with Gasteiger partial charge >= 0.3 is 0 Å². The first kappa shape index (κ1) is 15.2. The third kappa shape index (κ3) is 3.16. The number of hydrogen-bond acceptors (Lipinski definition) is 4. The molecular formula is C18H17N5O2. The third-order valence-corrected chi connectivity index (χ3v) is 3.89. The molecule has 0 bridgehead atoms. The minimum absolute atomic E-state index is 0.0962. The van der Waals surface area contributed by atoms with E-state index in [1.165, 1.54) is 6.92 Å². The average Bonchev–Trinajstić information content (AvgIpc) is 3.29. The molecule has 0 unspecified atom stereocenters. The van der Waals surface area contributed by atoms with Crippen LogP contribution >= 0.6 is 0 Å². The van der Waals surface area contributed by atoms with Crippen molar-refractivity contribution in [2.75, 3.05) is 10.7 Å². The molecule has 3 aromatic rings. The van der Waals surface area contributed by atoms with Gasteiger partial charge in [-0.1, -0.05) is 12.1 Å². The average molecular weight is 335 g/mol. The quantitative estimate of drug-likeness (QED) is 0.768. The number of anilines is 1. The van der Waals surface area contributed by atoms with Gasteiger partial charge in [-0.15, -0.1) is 0 Å². The second-order valence-electron chi connectivity index (χ2n) is 5.79. The molecule has 1 aliphatic rings. The van der Waals surface area contributed by atoms with Crippen molar-refractivity contribution in [3.63, 3.8) is 0 Å². The molecule has 1 aliphatic heterocycles. The Labute approximate surface area is 144 Å². The molecule has 4 rings (SSSR count). The van der Waals surface area contributed by atoms with Crippen molar-refractivity contribution in [1.29, 1.82) is 0 Å². The first-order valence-corrected chi connectivity index (χ1v) is 7.96. The van der Waals surface area contributed by atoms with Gasteiger partial charge in [0.25, 0.3) is 0 Å². The summed E-state index contributed by atoms with van der Waals surface area (Å²) in [5, 5.41) is 2.80. The molecule has 3 heterocycles. The highest BCUT2D eigenvalue weighted by atomic mass is 16.3. The molecule has 0 aliphatic carbocycles. The summed E-state index contributed by atoms with van der Waals surface area (Å²) in [7, 11) is 0. The topological polar surface area (TPSA) is 84.5 Å². The number of hydrogen-bond donors (Lipinski definition) is 2. The SMILES string of the molecule is CC(=O)Nc1cccc(-c2cnc3n2NC(=NCc2ccco2)C3)c1. The van der Waals surface area contributed by atoms with Crippen molar-refractivity contribution in [3.8, 4) is 11.3 Å². The van der Waals surface area contributed by atoms with Gasteiger partial charge in [0.15, 0.2) is 0 Å². The molecule has 25 heavy (non-hydrogen) atoms. The Bertz CT molecular complexity index is 940. The Balaban J connectivity index is 1.56. The van der Waals surface area contributed by atoms with E-state index in [-0.39, 0.29) is 5.91 Å². The summed E-state index contributed by atoms with van der Waals surface area (Å²) in [6, 6.07) is 11.4. The number of carbonyl (C=O) groups excluding carboxylic acids is 1. The van der Waals surface area contributed by atoms with E-state index in [2.05, 4.69) is 20.7 Å². The molecular weight excluding hydrogens is 318 g/mol. The molecule has 2 aromatic heterocycles. The number of imidazole rings is 1. The third-order valence-electron chi connectivity index (χ3n) is 3.89. The van der Waals surface area contributed by atoms with E-state index in [1.54, 1.807) is 6.26 Å². The van der Waals surface area contributed by atoms with E-state index in [9.17, 15) is 4.79 Å². The van der Waals surface area contributed by atoms with Gasteiger partial charge in [-0.25, -0.2) is 9.66 Å². The Morgan fingerprint density at radius 2 is 2.32 bits per heavy atom. The van der Waals surface area contributed by atoms with Crippen molar-refractivity contribution >= 4 is 17.4 Å². The molecule has 2 N–H and O–H groups in total. The Morgan fingerprint density at radius 3 is 3.12 bits per heavy atom. The van der Waals surface area contributed by atoms with Crippen LogP contribution in [0, 0.1) is 0 Å². The lowest BCUT2D eigenvalue weighted by molar-refractivity contribution is -0.114. The summed E-state index contributed by atoms with van der Waals surface area (Å²) in [6.07, 6.45) is 4.10. The van der Waals surface area contributed by atoms with Crippen LogP contribution in [0.4, 0.5) is 5.69 Å². The normalized spacial score (nSPS) is 14.4. The van der Waals surface area contributed by atoms with Crippen LogP contribution in [0.3, 0.4) is 0 Å². The molecule has 1 amide bonds. The number of benzene rings is 1. The van der Waals surface area contributed by atoms with Gasteiger partial charge in [0.05, 0.1) is 31.1 Å². The van der Waals surface area contributed by atoms with Gasteiger partial charge in [-0.2, -0.15) is 0 Å². The van der Waals surface area contributed by atoms with E-state index >= 15 is 0 Å². The number of amidine groups is 1. The highest BCUT2D eigenvalue weighted by Gasteiger charge is 2.21. The molecule has 0 radical (unpaired) electrons. The first-order chi connectivity index (χ1) is 12.2. The Hall–Kier alpha value is -3.35. The van der Waals surface area contributed by atoms with E-state index in [1.807, 2.05) is 47.3 Å². The van der Waals surface area contributed by atoms with Crippen LogP contribution in [-0.2, 0) is 17.8 Å². The summed E-state index contributed by atoms with van der Waals surface area (Å²) in [4.78, 5) is 20.3. The maximum Gasteiger partial charge on any atom is 0.221 e. The summed E-state index contributed by atoms with van der Waals surface area (Å²) >= 11 is 0. The van der Waals surface area contributed by atoms with Crippen LogP contribution in [0.1, 0.15) is 18.5 Å². The molecule has 0 saturated carbocycles. The molecule has 0 spiro atoms. The Morgan fingerprint density at radius 1 is 1.40 bits per heavy atom. The number of fused-ring (bicyclic) bond motifs is 1. The van der Waals surface area contributed by atoms with E-state index < -0.39 is 0 Å². The van der Waals surface area contributed by atoms with Gasteiger partial charge in [0, 0.05) is 18.2 Å². The van der Waals surface area contributed by atoms with Gasteiger partial charge in [0.1, 0.15) is 17.4 Å². The first-order valence-electron chi connectivity index (χ1n) is 7.96. The number of furan rings is 1. The van der Waals surface area contributed by atoms with E-state index in [4.69, 9.17) is 4.42 Å². The molecule has 7 nitrogen and oxygen atoms in total. The highest BCUT2D eigenvalue weighted by Crippen LogP contribution is 2.25. The number of aliphatic imine (C=N–C) groups is 1. The summed E-state index contributed by atoms with van der Waals surface area (Å²) in [5.41, 5.74) is 5.92. The van der Waals surface area contributed by atoms with Crippen LogP contribution in [0.25, 0.3) is 11.3 Å². The number of amides is 1. The zero-order chi connectivity index (χ0) is 17.2. The van der Waals surface area contributed by atoms with Crippen LogP contribution in [0.5, 0.6) is 0 Å². The highest BCUT2D eigenvalue weighted by molar-refractivity contribution is 5.94. The molecule has 7 heteroatoms. The number of carbonyl (C=O) groups is 1. The van der Waals surface area contributed by atoms with Crippen molar-refractivity contribution in [2.45, 2.75) is 19.9 Å². The summed E-state index contributed by atoms with van der Waals surface area (Å²) in [5.74, 6) is 2.47. The second-order valence-corrected chi connectivity index (χ2v) is 5.79. The number of aromatic nitrogens is 2.